The number of carbonyl (C=O) groups is 2. The van der Waals surface area contributed by atoms with Crippen LogP contribution in [0.4, 0.5) is 0 Å². The first kappa shape index (κ1) is 22.0. The number of hydrogen-bond acceptors (Lipinski definition) is 6. The maximum atomic E-state index is 12.5. The molecule has 1 aromatic carbocycles. The fourth-order valence-electron chi connectivity index (χ4n) is 2.55. The van der Waals surface area contributed by atoms with Gasteiger partial charge < -0.3 is 19.7 Å². The van der Waals surface area contributed by atoms with Crippen LogP contribution in [0, 0.1) is 0 Å². The summed E-state index contributed by atoms with van der Waals surface area (Å²) in [5, 5.41) is 2.69. The Bertz CT molecular complexity index is 810. The Morgan fingerprint density at radius 3 is 2.54 bits per heavy atom. The maximum absolute atomic E-state index is 12.5. The lowest BCUT2D eigenvalue weighted by Gasteiger charge is -2.18. The van der Waals surface area contributed by atoms with Crippen LogP contribution in [-0.2, 0) is 19.6 Å². The minimum Gasteiger partial charge on any atom is -0.490 e. The summed E-state index contributed by atoms with van der Waals surface area (Å²) in [6, 6.07) is 4.38. The van der Waals surface area contributed by atoms with Crippen LogP contribution >= 0.6 is 0 Å². The van der Waals surface area contributed by atoms with Crippen LogP contribution in [0.1, 0.15) is 26.7 Å². The lowest BCUT2D eigenvalue weighted by atomic mass is 10.3. The van der Waals surface area contributed by atoms with Gasteiger partial charge in [-0.2, -0.15) is 0 Å². The third-order valence-corrected chi connectivity index (χ3v) is 5.38. The molecule has 1 aliphatic heterocycles. The van der Waals surface area contributed by atoms with Gasteiger partial charge in [-0.05, 0) is 26.0 Å². The molecule has 0 aliphatic carbocycles. The highest BCUT2D eigenvalue weighted by atomic mass is 32.2. The Morgan fingerprint density at radius 1 is 1.18 bits per heavy atom. The van der Waals surface area contributed by atoms with Crippen molar-refractivity contribution in [1.29, 1.82) is 0 Å². The number of nitrogens with zero attached hydrogens (tertiary/aromatic N) is 1. The molecule has 0 saturated heterocycles. The number of sulfonamides is 1. The number of likely N-dealkylation sites (N-methyl/N-ethyl adjacent to an activating group) is 1. The number of benzene rings is 1. The lowest BCUT2D eigenvalue weighted by Crippen LogP contribution is -2.41. The van der Waals surface area contributed by atoms with E-state index in [0.29, 0.717) is 24.7 Å². The van der Waals surface area contributed by atoms with Gasteiger partial charge >= 0.3 is 0 Å². The zero-order valence-corrected chi connectivity index (χ0v) is 17.2. The predicted octanol–water partition coefficient (Wildman–Crippen LogP) is 0.499. The zero-order chi connectivity index (χ0) is 20.7. The average molecular weight is 413 g/mol. The molecule has 2 amide bonds. The molecule has 0 spiro atoms. The highest BCUT2D eigenvalue weighted by Crippen LogP contribution is 2.31. The molecule has 0 bridgehead atoms. The molecule has 9 nitrogen and oxygen atoms in total. The first-order valence-corrected chi connectivity index (χ1v) is 10.6. The van der Waals surface area contributed by atoms with Gasteiger partial charge in [0, 0.05) is 38.5 Å². The normalized spacial score (nSPS) is 13.7. The molecule has 0 atom stereocenters. The first-order chi connectivity index (χ1) is 13.2. The summed E-state index contributed by atoms with van der Waals surface area (Å²) in [5.74, 6) is 0.291. The average Bonchev–Trinajstić information content (AvgIpc) is 2.85. The molecule has 0 fully saturated rings. The Kier molecular flexibility index (Phi) is 7.64. The van der Waals surface area contributed by atoms with E-state index in [-0.39, 0.29) is 42.3 Å². The van der Waals surface area contributed by atoms with Crippen LogP contribution in [0.25, 0.3) is 0 Å². The fraction of sp³-hybridized carbons (Fsp3) is 0.556. The number of fused-ring (bicyclic) bond motifs is 1. The number of rotatable bonds is 8. The van der Waals surface area contributed by atoms with E-state index < -0.39 is 10.0 Å². The number of nitrogens with one attached hydrogen (secondary N) is 2. The molecule has 10 heteroatoms. The molecule has 0 saturated carbocycles. The summed E-state index contributed by atoms with van der Waals surface area (Å²) in [5.41, 5.74) is 0. The molecule has 156 valence electrons. The van der Waals surface area contributed by atoms with Crippen molar-refractivity contribution in [1.82, 2.24) is 14.9 Å². The van der Waals surface area contributed by atoms with E-state index in [1.807, 2.05) is 13.8 Å². The van der Waals surface area contributed by atoms with Crippen molar-refractivity contribution in [2.45, 2.75) is 37.6 Å². The minimum absolute atomic E-state index is 0.0156. The van der Waals surface area contributed by atoms with Crippen molar-refractivity contribution in [3.63, 3.8) is 0 Å². The second-order valence-electron chi connectivity index (χ2n) is 6.78. The molecular weight excluding hydrogens is 386 g/mol. The van der Waals surface area contributed by atoms with Gasteiger partial charge in [0.05, 0.1) is 24.7 Å². The summed E-state index contributed by atoms with van der Waals surface area (Å²) in [6.07, 6.45) is 0.662. The van der Waals surface area contributed by atoms with Crippen molar-refractivity contribution in [3.8, 4) is 11.5 Å². The number of hydrogen-bond donors (Lipinski definition) is 2. The van der Waals surface area contributed by atoms with E-state index in [1.165, 1.54) is 24.1 Å². The monoisotopic (exact) mass is 413 g/mol. The van der Waals surface area contributed by atoms with Crippen LogP contribution in [0.2, 0.25) is 0 Å². The molecule has 0 aromatic heterocycles. The van der Waals surface area contributed by atoms with Crippen molar-refractivity contribution in [2.24, 2.45) is 0 Å². The largest absolute Gasteiger partial charge is 0.490 e. The molecule has 28 heavy (non-hydrogen) atoms. The highest BCUT2D eigenvalue weighted by molar-refractivity contribution is 7.89. The summed E-state index contributed by atoms with van der Waals surface area (Å²) in [6.45, 7) is 4.47. The molecule has 0 radical (unpaired) electrons. The molecule has 1 aromatic rings. The summed E-state index contributed by atoms with van der Waals surface area (Å²) in [7, 11) is -2.30. The van der Waals surface area contributed by atoms with E-state index in [0.717, 1.165) is 6.42 Å². The van der Waals surface area contributed by atoms with Crippen LogP contribution in [0.5, 0.6) is 11.5 Å². The van der Waals surface area contributed by atoms with Gasteiger partial charge in [-0.25, -0.2) is 13.1 Å². The lowest BCUT2D eigenvalue weighted by molar-refractivity contribution is -0.134. The Morgan fingerprint density at radius 2 is 1.86 bits per heavy atom. The van der Waals surface area contributed by atoms with E-state index in [4.69, 9.17) is 9.47 Å². The molecular formula is C18H27N3O6S. The predicted molar refractivity (Wildman–Crippen MR) is 103 cm³/mol. The first-order valence-electron chi connectivity index (χ1n) is 9.11. The van der Waals surface area contributed by atoms with Crippen LogP contribution in [0.15, 0.2) is 23.1 Å². The number of ether oxygens (including phenoxy) is 2. The quantitative estimate of drug-likeness (QED) is 0.642. The van der Waals surface area contributed by atoms with Crippen LogP contribution in [0.3, 0.4) is 0 Å². The van der Waals surface area contributed by atoms with Gasteiger partial charge in [0.15, 0.2) is 11.5 Å². The van der Waals surface area contributed by atoms with Crippen molar-refractivity contribution in [3.05, 3.63) is 18.2 Å². The smallest absolute Gasteiger partial charge is 0.240 e. The molecule has 1 aliphatic rings. The second-order valence-corrected chi connectivity index (χ2v) is 8.55. The molecule has 2 rings (SSSR count). The van der Waals surface area contributed by atoms with Gasteiger partial charge in [-0.3, -0.25) is 9.59 Å². The third kappa shape index (κ3) is 6.38. The molecule has 1 heterocycles. The van der Waals surface area contributed by atoms with Crippen molar-refractivity contribution in [2.75, 3.05) is 33.4 Å². The van der Waals surface area contributed by atoms with E-state index in [9.17, 15) is 18.0 Å². The SMILES string of the molecule is CC(C)NC(=O)CN(C)C(=O)CCNS(=O)(=O)c1ccc2c(c1)OCCCO2. The van der Waals surface area contributed by atoms with Gasteiger partial charge in [0.2, 0.25) is 21.8 Å². The summed E-state index contributed by atoms with van der Waals surface area (Å²) >= 11 is 0. The highest BCUT2D eigenvalue weighted by Gasteiger charge is 2.20. The van der Waals surface area contributed by atoms with Crippen LogP contribution < -0.4 is 19.5 Å². The van der Waals surface area contributed by atoms with Gasteiger partial charge in [0.1, 0.15) is 0 Å². The van der Waals surface area contributed by atoms with Gasteiger partial charge in [0.25, 0.3) is 0 Å². The Balaban J connectivity index is 1.88. The summed E-state index contributed by atoms with van der Waals surface area (Å²) < 4.78 is 38.3. The molecule has 2 N–H and O–H groups in total. The van der Waals surface area contributed by atoms with E-state index in [1.54, 1.807) is 6.07 Å². The maximum Gasteiger partial charge on any atom is 0.240 e. The van der Waals surface area contributed by atoms with Crippen molar-refractivity contribution < 1.29 is 27.5 Å². The number of amides is 2. The Labute approximate surface area is 165 Å². The van der Waals surface area contributed by atoms with E-state index >= 15 is 0 Å². The standard InChI is InChI=1S/C18H27N3O6S/c1-13(2)20-17(22)12-21(3)18(23)7-8-19-28(24,25)14-5-6-15-16(11-14)27-10-4-9-26-15/h5-6,11,13,19H,4,7-10,12H2,1-3H3,(H,20,22). The third-order valence-electron chi connectivity index (χ3n) is 3.92. The van der Waals surface area contributed by atoms with Crippen molar-refractivity contribution >= 4 is 21.8 Å². The zero-order valence-electron chi connectivity index (χ0n) is 16.4. The van der Waals surface area contributed by atoms with Crippen LogP contribution in [-0.4, -0.2) is 64.5 Å². The summed E-state index contributed by atoms with van der Waals surface area (Å²) in [4.78, 5) is 25.1. The van der Waals surface area contributed by atoms with E-state index in [2.05, 4.69) is 10.0 Å². The topological polar surface area (TPSA) is 114 Å². The second kappa shape index (κ2) is 9.74. The van der Waals surface area contributed by atoms with Gasteiger partial charge in [-0.1, -0.05) is 0 Å². The molecule has 0 unspecified atom stereocenters. The fourth-order valence-corrected chi connectivity index (χ4v) is 3.60. The Hall–Kier alpha value is -2.33. The number of carbonyl (C=O) groups excluding carboxylic acids is 2. The minimum atomic E-state index is -3.80. The van der Waals surface area contributed by atoms with Gasteiger partial charge in [-0.15, -0.1) is 0 Å².